The number of aromatic amines is 2. The second kappa shape index (κ2) is 17.7. The minimum Gasteiger partial charge on any atom is -0.488 e. The number of ether oxygens (including phenoxy) is 4. The Bertz CT molecular complexity index is 2730. The number of H-pyrrole nitrogens is 2. The van der Waals surface area contributed by atoms with E-state index in [2.05, 4.69) is 50.9 Å². The first-order valence-electron chi connectivity index (χ1n) is 21.8. The second-order valence-corrected chi connectivity index (χ2v) is 16.8. The third kappa shape index (κ3) is 7.97. The Morgan fingerprint density at radius 2 is 1.67 bits per heavy atom. The molecule has 9 rings (SSSR count). The van der Waals surface area contributed by atoms with Crippen LogP contribution in [0.4, 0.5) is 9.59 Å². The molecule has 64 heavy (non-hydrogen) atoms. The third-order valence-electron chi connectivity index (χ3n) is 12.6. The van der Waals surface area contributed by atoms with Crippen LogP contribution in [0.15, 0.2) is 79.0 Å². The number of imidazole rings is 2. The van der Waals surface area contributed by atoms with Crippen LogP contribution in [-0.2, 0) is 30.4 Å². The van der Waals surface area contributed by atoms with Crippen LogP contribution in [0.5, 0.6) is 5.75 Å². The van der Waals surface area contributed by atoms with Crippen molar-refractivity contribution in [2.24, 2.45) is 5.92 Å². The van der Waals surface area contributed by atoms with E-state index in [1.165, 1.54) is 14.2 Å². The second-order valence-electron chi connectivity index (χ2n) is 16.8. The quantitative estimate of drug-likeness (QED) is 0.101. The minimum atomic E-state index is -0.900. The van der Waals surface area contributed by atoms with Crippen molar-refractivity contribution in [3.63, 3.8) is 0 Å². The van der Waals surface area contributed by atoms with Crippen molar-refractivity contribution in [1.82, 2.24) is 40.4 Å². The van der Waals surface area contributed by atoms with Gasteiger partial charge in [-0.25, -0.2) is 19.6 Å². The maximum atomic E-state index is 14.1. The molecule has 332 valence electrons. The van der Waals surface area contributed by atoms with Gasteiger partial charge in [-0.05, 0) is 77.6 Å². The Hall–Kier alpha value is -6.94. The number of fused-ring (bicyclic) bond motifs is 6. The molecule has 3 aliphatic rings. The van der Waals surface area contributed by atoms with Gasteiger partial charge in [0.2, 0.25) is 5.91 Å². The van der Waals surface area contributed by atoms with Crippen molar-refractivity contribution in [2.75, 3.05) is 33.9 Å². The number of rotatable bonds is 11. The number of carbonyl (C=O) groups is 4. The summed E-state index contributed by atoms with van der Waals surface area (Å²) in [7, 11) is 2.56. The van der Waals surface area contributed by atoms with Gasteiger partial charge in [0.15, 0.2) is 0 Å². The normalized spacial score (nSPS) is 18.9. The lowest BCUT2D eigenvalue weighted by molar-refractivity contribution is -0.136. The van der Waals surface area contributed by atoms with Gasteiger partial charge in [0.25, 0.3) is 5.91 Å². The smallest absolute Gasteiger partial charge is 0.407 e. The van der Waals surface area contributed by atoms with Crippen molar-refractivity contribution in [3.8, 4) is 28.1 Å². The first-order valence-corrected chi connectivity index (χ1v) is 21.8. The average Bonchev–Trinajstić information content (AvgIpc) is 4.15. The summed E-state index contributed by atoms with van der Waals surface area (Å²) < 4.78 is 22.1. The molecule has 0 aliphatic carbocycles. The zero-order valence-corrected chi connectivity index (χ0v) is 36.5. The van der Waals surface area contributed by atoms with Crippen LogP contribution in [-0.4, -0.2) is 99.8 Å². The number of likely N-dealkylation sites (tertiary alicyclic amines) is 2. The molecule has 16 heteroatoms. The molecule has 0 spiro atoms. The van der Waals surface area contributed by atoms with E-state index in [4.69, 9.17) is 28.9 Å². The first-order chi connectivity index (χ1) is 31.0. The predicted octanol–water partition coefficient (Wildman–Crippen LogP) is 7.49. The number of methoxy groups -OCH3 is 2. The number of carbonyl (C=O) groups excluding carboxylic acids is 4. The third-order valence-corrected chi connectivity index (χ3v) is 12.6. The van der Waals surface area contributed by atoms with Crippen molar-refractivity contribution < 1.29 is 38.1 Å². The molecule has 0 radical (unpaired) electrons. The molecule has 5 atom stereocenters. The summed E-state index contributed by atoms with van der Waals surface area (Å²) in [5, 5.41) is 7.35. The monoisotopic (exact) mass is 868 g/mol. The van der Waals surface area contributed by atoms with Crippen LogP contribution in [0.3, 0.4) is 0 Å². The number of hydrogen-bond donors (Lipinski definition) is 4. The maximum absolute atomic E-state index is 14.1. The minimum absolute atomic E-state index is 0.176. The SMILES string of the molecule is CCO[C@H]1C[C@@H](c2nc3c(ccc4cc5c(cc43)OCc3cc(-c4cnc([C@@H]6CCCN6C(=O)[C@H](NC(=O)OC)c6ccccc6)[nH]4)ccc3-5)[nH]2)N(C(=O)[C@@H](NC(=O)OC)C(C)C)C1. The number of alkyl carbamates (subject to hydrolysis) is 2. The van der Waals surface area contributed by atoms with E-state index >= 15 is 0 Å². The first kappa shape index (κ1) is 42.4. The molecule has 4 N–H and O–H groups in total. The molecule has 2 fully saturated rings. The largest absolute Gasteiger partial charge is 0.488 e. The summed E-state index contributed by atoms with van der Waals surface area (Å²) in [6.07, 6.45) is 2.37. The van der Waals surface area contributed by atoms with Crippen molar-refractivity contribution in [2.45, 2.75) is 76.9 Å². The standard InChI is InChI=1S/C48H52N8O8/c1-6-63-31-21-38(56(24-31)45(57)40(26(2)3)53-47(59)61-4)44-50-35-17-15-28-20-34-32-16-14-29(19-30(32)25-64-39(34)22-33(28)42(35)52-44)36-23-49-43(51-36)37-13-10-18-55(37)46(58)41(54-48(60)62-5)27-11-8-7-9-12-27/h7-9,11-12,14-17,19-20,22-23,26,31,37-38,40-41H,6,10,13,18,21,24-25H2,1-5H3,(H,49,51)(H,50,52)(H,53,59)(H,54,60)/t31-,37-,38-,40-,41+/m0/s1. The van der Waals surface area contributed by atoms with Gasteiger partial charge in [-0.3, -0.25) is 9.59 Å². The molecule has 0 bridgehead atoms. The highest BCUT2D eigenvalue weighted by Gasteiger charge is 2.42. The molecule has 2 saturated heterocycles. The lowest BCUT2D eigenvalue weighted by Crippen LogP contribution is -2.51. The fourth-order valence-electron chi connectivity index (χ4n) is 9.41. The van der Waals surface area contributed by atoms with Crippen molar-refractivity contribution >= 4 is 45.8 Å². The highest BCUT2D eigenvalue weighted by atomic mass is 16.5. The van der Waals surface area contributed by atoms with Crippen LogP contribution in [0.2, 0.25) is 0 Å². The number of nitrogens with zero attached hydrogens (tertiary/aromatic N) is 4. The number of hydrogen-bond acceptors (Lipinski definition) is 10. The zero-order chi connectivity index (χ0) is 44.6. The van der Waals surface area contributed by atoms with E-state index in [1.807, 2.05) is 63.2 Å². The highest BCUT2D eigenvalue weighted by molar-refractivity contribution is 6.07. The van der Waals surface area contributed by atoms with Crippen LogP contribution in [0.1, 0.15) is 80.9 Å². The summed E-state index contributed by atoms with van der Waals surface area (Å²) in [6, 6.07) is 21.3. The molecule has 2 aromatic heterocycles. The Morgan fingerprint density at radius 3 is 2.44 bits per heavy atom. The van der Waals surface area contributed by atoms with Gasteiger partial charge < -0.3 is 49.3 Å². The van der Waals surface area contributed by atoms with Gasteiger partial charge in [0.05, 0.1) is 55.3 Å². The molecule has 4 amide bonds. The summed E-state index contributed by atoms with van der Waals surface area (Å²) in [4.78, 5) is 73.0. The molecule has 4 aromatic carbocycles. The predicted molar refractivity (Wildman–Crippen MR) is 238 cm³/mol. The average molecular weight is 869 g/mol. The van der Waals surface area contributed by atoms with Crippen LogP contribution in [0.25, 0.3) is 44.2 Å². The van der Waals surface area contributed by atoms with Gasteiger partial charge in [-0.15, -0.1) is 0 Å². The number of aromatic nitrogens is 4. The molecular weight excluding hydrogens is 817 g/mol. The molecule has 0 saturated carbocycles. The molecule has 5 heterocycles. The van der Waals surface area contributed by atoms with E-state index in [1.54, 1.807) is 16.0 Å². The number of nitrogens with one attached hydrogen (secondary N) is 4. The lowest BCUT2D eigenvalue weighted by atomic mass is 9.92. The summed E-state index contributed by atoms with van der Waals surface area (Å²) >= 11 is 0. The summed E-state index contributed by atoms with van der Waals surface area (Å²) in [5.41, 5.74) is 7.09. The van der Waals surface area contributed by atoms with Gasteiger partial charge >= 0.3 is 12.2 Å². The van der Waals surface area contributed by atoms with Crippen LogP contribution in [0, 0.1) is 5.92 Å². The van der Waals surface area contributed by atoms with Gasteiger partial charge in [0.1, 0.15) is 36.1 Å². The Kier molecular flexibility index (Phi) is 11.7. The van der Waals surface area contributed by atoms with Gasteiger partial charge in [-0.2, -0.15) is 0 Å². The van der Waals surface area contributed by atoms with Crippen molar-refractivity contribution in [1.29, 1.82) is 0 Å². The number of benzene rings is 4. The van der Waals surface area contributed by atoms with Crippen molar-refractivity contribution in [3.05, 3.63) is 102 Å². The molecular formula is C48H52N8O8. The molecule has 3 aliphatic heterocycles. The van der Waals surface area contributed by atoms with Gasteiger partial charge in [0, 0.05) is 37.1 Å². The van der Waals surface area contributed by atoms with Gasteiger partial charge in [-0.1, -0.05) is 62.4 Å². The topological polar surface area (TPSA) is 193 Å². The summed E-state index contributed by atoms with van der Waals surface area (Å²) in [6.45, 7) is 7.49. The fraction of sp³-hybridized carbons (Fsp3) is 0.375. The highest BCUT2D eigenvalue weighted by Crippen LogP contribution is 2.44. The fourth-order valence-corrected chi connectivity index (χ4v) is 9.41. The lowest BCUT2D eigenvalue weighted by Gasteiger charge is -2.29. The Labute approximate surface area is 370 Å². The Balaban J connectivity index is 0.966. The molecule has 0 unspecified atom stereocenters. The van der Waals surface area contributed by atoms with Crippen LogP contribution < -0.4 is 15.4 Å². The van der Waals surface area contributed by atoms with E-state index in [-0.39, 0.29) is 29.9 Å². The number of amides is 4. The van der Waals surface area contributed by atoms with E-state index in [0.29, 0.717) is 49.9 Å². The maximum Gasteiger partial charge on any atom is 0.407 e. The van der Waals surface area contributed by atoms with E-state index in [9.17, 15) is 19.2 Å². The molecule has 16 nitrogen and oxygen atoms in total. The molecule has 6 aromatic rings. The Morgan fingerprint density at radius 1 is 0.875 bits per heavy atom. The van der Waals surface area contributed by atoms with E-state index < -0.39 is 30.3 Å². The zero-order valence-electron chi connectivity index (χ0n) is 36.5. The van der Waals surface area contributed by atoms with Crippen LogP contribution >= 0.6 is 0 Å². The van der Waals surface area contributed by atoms with E-state index in [0.717, 1.165) is 68.3 Å². The summed E-state index contributed by atoms with van der Waals surface area (Å²) in [5.74, 6) is 1.46.